The van der Waals surface area contributed by atoms with Crippen LogP contribution in [0.1, 0.15) is 25.6 Å². The normalized spacial score (nSPS) is 23.5. The fraction of sp³-hybridized carbons (Fsp3) is 0.292. The molecule has 0 radical (unpaired) electrons. The van der Waals surface area contributed by atoms with Crippen LogP contribution in [0.15, 0.2) is 65.3 Å². The van der Waals surface area contributed by atoms with Crippen LogP contribution in [-0.4, -0.2) is 30.7 Å². The van der Waals surface area contributed by atoms with E-state index in [9.17, 15) is 0 Å². The number of anilines is 1. The van der Waals surface area contributed by atoms with E-state index in [1.54, 1.807) is 0 Å². The summed E-state index contributed by atoms with van der Waals surface area (Å²) in [6.07, 6.45) is 2.35. The first-order valence-corrected chi connectivity index (χ1v) is 11.7. The van der Waals surface area contributed by atoms with Gasteiger partial charge in [-0.1, -0.05) is 18.2 Å². The predicted octanol–water partition coefficient (Wildman–Crippen LogP) is 5.99. The summed E-state index contributed by atoms with van der Waals surface area (Å²) in [5, 5.41) is 7.49. The molecule has 1 fully saturated rings. The second kappa shape index (κ2) is 7.56. The Bertz CT molecular complexity index is 1080. The molecule has 3 nitrogen and oxygen atoms in total. The summed E-state index contributed by atoms with van der Waals surface area (Å²) in [7, 11) is 2.23. The van der Waals surface area contributed by atoms with E-state index in [-0.39, 0.29) is 6.04 Å². The van der Waals surface area contributed by atoms with Crippen molar-refractivity contribution in [2.75, 3.05) is 25.1 Å². The number of likely N-dealkylation sites (tertiary alicyclic amines) is 1. The van der Waals surface area contributed by atoms with Gasteiger partial charge < -0.3 is 4.90 Å². The summed E-state index contributed by atoms with van der Waals surface area (Å²) in [6.45, 7) is 6.34. The summed E-state index contributed by atoms with van der Waals surface area (Å²) in [5.74, 6) is 0.374. The molecule has 29 heavy (non-hydrogen) atoms. The van der Waals surface area contributed by atoms with Crippen molar-refractivity contribution in [2.24, 2.45) is 11.0 Å². The molecule has 148 valence electrons. The second-order valence-electron chi connectivity index (χ2n) is 7.98. The monoisotopic (exact) mass is 419 g/mol. The number of rotatable bonds is 3. The molecular weight excluding hydrogens is 394 g/mol. The summed E-state index contributed by atoms with van der Waals surface area (Å²) in [6, 6.07) is 19.8. The molecule has 0 saturated carbocycles. The third-order valence-electron chi connectivity index (χ3n) is 5.64. The van der Waals surface area contributed by atoms with Gasteiger partial charge in [0.2, 0.25) is 0 Å². The number of benzene rings is 1. The summed E-state index contributed by atoms with van der Waals surface area (Å²) in [5.41, 5.74) is 3.77. The standard InChI is InChI=1S/C24H25N3S2/c1-16-9-11-20(28-16)13-18-14-26(3)15-21-23(18)25-27(19-7-5-4-6-8-19)24(21)22-12-10-17(2)29-22/h4-13,21,24H,14-15H2,1-3H3/b18-13+. The number of nitrogens with zero attached hydrogens (tertiary/aromatic N) is 3. The molecule has 3 aromatic rings. The fourth-order valence-electron chi connectivity index (χ4n) is 4.39. The van der Waals surface area contributed by atoms with Crippen molar-refractivity contribution in [2.45, 2.75) is 19.9 Å². The Kier molecular flexibility index (Phi) is 4.90. The molecule has 2 aromatic heterocycles. The first-order chi connectivity index (χ1) is 14.1. The van der Waals surface area contributed by atoms with Crippen LogP contribution in [0, 0.1) is 19.8 Å². The zero-order valence-electron chi connectivity index (χ0n) is 17.0. The number of aryl methyl sites for hydroxylation is 2. The van der Waals surface area contributed by atoms with E-state index < -0.39 is 0 Å². The maximum Gasteiger partial charge on any atom is 0.0964 e. The van der Waals surface area contributed by atoms with Gasteiger partial charge in [0.05, 0.1) is 17.4 Å². The van der Waals surface area contributed by atoms with Crippen LogP contribution in [-0.2, 0) is 0 Å². The van der Waals surface area contributed by atoms with Gasteiger partial charge in [-0.25, -0.2) is 0 Å². The number of hydrogen-bond acceptors (Lipinski definition) is 5. The maximum absolute atomic E-state index is 5.23. The van der Waals surface area contributed by atoms with E-state index >= 15 is 0 Å². The molecule has 2 unspecified atom stereocenters. The third kappa shape index (κ3) is 3.59. The van der Waals surface area contributed by atoms with Gasteiger partial charge in [0.1, 0.15) is 0 Å². The first kappa shape index (κ1) is 18.8. The zero-order chi connectivity index (χ0) is 20.0. The molecule has 5 heteroatoms. The summed E-state index contributed by atoms with van der Waals surface area (Å²) < 4.78 is 0. The summed E-state index contributed by atoms with van der Waals surface area (Å²) in [4.78, 5) is 7.87. The molecule has 0 bridgehead atoms. The Morgan fingerprint density at radius 3 is 2.41 bits per heavy atom. The molecule has 1 aromatic carbocycles. The van der Waals surface area contributed by atoms with Crippen LogP contribution < -0.4 is 5.01 Å². The lowest BCUT2D eigenvalue weighted by molar-refractivity contribution is 0.304. The van der Waals surface area contributed by atoms with Gasteiger partial charge in [-0.2, -0.15) is 5.10 Å². The zero-order valence-corrected chi connectivity index (χ0v) is 18.6. The molecule has 0 aliphatic carbocycles. The van der Waals surface area contributed by atoms with Gasteiger partial charge >= 0.3 is 0 Å². The lowest BCUT2D eigenvalue weighted by atomic mass is 9.86. The molecule has 0 spiro atoms. The molecule has 0 amide bonds. The van der Waals surface area contributed by atoms with Crippen LogP contribution in [0.4, 0.5) is 5.69 Å². The Hall–Kier alpha value is -2.21. The molecule has 0 N–H and O–H groups in total. The summed E-state index contributed by atoms with van der Waals surface area (Å²) >= 11 is 3.75. The van der Waals surface area contributed by atoms with E-state index in [0.717, 1.165) is 13.1 Å². The van der Waals surface area contributed by atoms with Gasteiger partial charge in [0.25, 0.3) is 0 Å². The average molecular weight is 420 g/mol. The molecule has 2 atom stereocenters. The first-order valence-electron chi connectivity index (χ1n) is 10.0. The minimum atomic E-state index is 0.252. The van der Waals surface area contributed by atoms with Gasteiger partial charge in [-0.15, -0.1) is 22.7 Å². The fourth-order valence-corrected chi connectivity index (χ4v) is 6.26. The smallest absolute Gasteiger partial charge is 0.0964 e. The quantitative estimate of drug-likeness (QED) is 0.519. The van der Waals surface area contributed by atoms with Crippen molar-refractivity contribution < 1.29 is 0 Å². The topological polar surface area (TPSA) is 18.8 Å². The Morgan fingerprint density at radius 1 is 0.966 bits per heavy atom. The second-order valence-corrected chi connectivity index (χ2v) is 10.6. The van der Waals surface area contributed by atoms with E-state index in [2.05, 4.69) is 91.5 Å². The van der Waals surface area contributed by atoms with Gasteiger partial charge in [0, 0.05) is 38.5 Å². The van der Waals surface area contributed by atoms with Crippen molar-refractivity contribution in [1.82, 2.24) is 4.90 Å². The van der Waals surface area contributed by atoms with E-state index in [1.165, 1.54) is 36.5 Å². The largest absolute Gasteiger partial charge is 0.301 e. The molecule has 5 rings (SSSR count). The van der Waals surface area contributed by atoms with Crippen LogP contribution >= 0.6 is 22.7 Å². The number of hydrazone groups is 1. The Balaban J connectivity index is 1.61. The number of hydrogen-bond donors (Lipinski definition) is 0. The molecule has 2 aliphatic rings. The van der Waals surface area contributed by atoms with Crippen molar-refractivity contribution in [3.63, 3.8) is 0 Å². The number of para-hydroxylation sites is 1. The lowest BCUT2D eigenvalue weighted by Crippen LogP contribution is -2.41. The van der Waals surface area contributed by atoms with Crippen molar-refractivity contribution in [1.29, 1.82) is 0 Å². The molecule has 2 aliphatic heterocycles. The molecule has 4 heterocycles. The van der Waals surface area contributed by atoms with Crippen molar-refractivity contribution in [3.05, 3.63) is 79.7 Å². The lowest BCUT2D eigenvalue weighted by Gasteiger charge is -2.34. The number of piperidine rings is 1. The minimum absolute atomic E-state index is 0.252. The van der Waals surface area contributed by atoms with Crippen LogP contribution in [0.25, 0.3) is 6.08 Å². The van der Waals surface area contributed by atoms with Gasteiger partial charge in [0.15, 0.2) is 0 Å². The predicted molar refractivity (Wildman–Crippen MR) is 126 cm³/mol. The Morgan fingerprint density at radius 2 is 1.72 bits per heavy atom. The van der Waals surface area contributed by atoms with Crippen LogP contribution in [0.2, 0.25) is 0 Å². The van der Waals surface area contributed by atoms with Crippen molar-refractivity contribution in [3.8, 4) is 0 Å². The Labute approximate surface area is 180 Å². The number of fused-ring (bicyclic) bond motifs is 1. The third-order valence-corrected chi connectivity index (χ3v) is 7.66. The van der Waals surface area contributed by atoms with Gasteiger partial charge in [-0.3, -0.25) is 5.01 Å². The molecule has 1 saturated heterocycles. The average Bonchev–Trinajstić information content (AvgIpc) is 3.41. The van der Waals surface area contributed by atoms with E-state index in [1.807, 2.05) is 22.7 Å². The van der Waals surface area contributed by atoms with E-state index in [0.29, 0.717) is 5.92 Å². The minimum Gasteiger partial charge on any atom is -0.301 e. The van der Waals surface area contributed by atoms with Gasteiger partial charge in [-0.05, 0) is 68.9 Å². The van der Waals surface area contributed by atoms with E-state index in [4.69, 9.17) is 5.10 Å². The highest BCUT2D eigenvalue weighted by Crippen LogP contribution is 2.45. The SMILES string of the molecule is Cc1ccc(/C=C2\CN(C)CC3C2=NN(c2ccccc2)C3c2ccc(C)s2)s1. The van der Waals surface area contributed by atoms with Crippen molar-refractivity contribution >= 4 is 40.1 Å². The number of likely N-dealkylation sites (N-methyl/N-ethyl adjacent to an activating group) is 1. The highest BCUT2D eigenvalue weighted by atomic mass is 32.1. The number of thiophene rings is 2. The highest BCUT2D eigenvalue weighted by molar-refractivity contribution is 7.12. The maximum atomic E-state index is 5.23. The van der Waals surface area contributed by atoms with Crippen LogP contribution in [0.5, 0.6) is 0 Å². The van der Waals surface area contributed by atoms with Crippen LogP contribution in [0.3, 0.4) is 0 Å². The highest BCUT2D eigenvalue weighted by Gasteiger charge is 2.43. The molecular formula is C24H25N3S2.